The molecule has 0 aliphatic rings. The standard InChI is InChI=1S/C14H11IN2O2S/c1-10-11(9-16)7-8-13(14(10)15)17-20(18,19)12-5-3-2-4-6-12/h2-8,17H,1H3. The van der Waals surface area contributed by atoms with E-state index in [1.54, 1.807) is 37.3 Å². The van der Waals surface area contributed by atoms with Crippen molar-refractivity contribution in [2.75, 3.05) is 4.72 Å². The molecule has 0 atom stereocenters. The second kappa shape index (κ2) is 5.81. The minimum atomic E-state index is -3.61. The van der Waals surface area contributed by atoms with Crippen LogP contribution in [0.25, 0.3) is 0 Å². The Labute approximate surface area is 131 Å². The molecule has 6 heteroatoms. The molecule has 0 spiro atoms. The number of halogens is 1. The highest BCUT2D eigenvalue weighted by molar-refractivity contribution is 14.1. The Bertz CT molecular complexity index is 781. The lowest BCUT2D eigenvalue weighted by Gasteiger charge is -2.12. The fourth-order valence-corrected chi connectivity index (χ4v) is 3.57. The van der Waals surface area contributed by atoms with Gasteiger partial charge in [0.15, 0.2) is 0 Å². The number of nitrogens with zero attached hydrogens (tertiary/aromatic N) is 1. The molecule has 0 heterocycles. The van der Waals surface area contributed by atoms with E-state index in [0.29, 0.717) is 11.3 Å². The van der Waals surface area contributed by atoms with Gasteiger partial charge in [0.05, 0.1) is 22.2 Å². The normalized spacial score (nSPS) is 10.8. The van der Waals surface area contributed by atoms with E-state index >= 15 is 0 Å². The van der Waals surface area contributed by atoms with E-state index in [0.717, 1.165) is 9.13 Å². The Morgan fingerprint density at radius 1 is 1.15 bits per heavy atom. The topological polar surface area (TPSA) is 70.0 Å². The molecule has 2 rings (SSSR count). The molecular weight excluding hydrogens is 387 g/mol. The minimum Gasteiger partial charge on any atom is -0.279 e. The van der Waals surface area contributed by atoms with Crippen molar-refractivity contribution in [3.05, 3.63) is 57.2 Å². The largest absolute Gasteiger partial charge is 0.279 e. The maximum Gasteiger partial charge on any atom is 0.261 e. The van der Waals surface area contributed by atoms with E-state index in [1.807, 2.05) is 22.6 Å². The van der Waals surface area contributed by atoms with Gasteiger partial charge in [-0.05, 0) is 59.3 Å². The molecule has 0 radical (unpaired) electrons. The van der Waals surface area contributed by atoms with E-state index < -0.39 is 10.0 Å². The van der Waals surface area contributed by atoms with Crippen molar-refractivity contribution in [2.45, 2.75) is 11.8 Å². The number of hydrogen-bond donors (Lipinski definition) is 1. The van der Waals surface area contributed by atoms with Crippen molar-refractivity contribution in [3.8, 4) is 6.07 Å². The van der Waals surface area contributed by atoms with Crippen LogP contribution in [-0.4, -0.2) is 8.42 Å². The van der Waals surface area contributed by atoms with Crippen molar-refractivity contribution < 1.29 is 8.42 Å². The molecule has 2 aromatic carbocycles. The molecule has 0 saturated heterocycles. The van der Waals surface area contributed by atoms with Gasteiger partial charge < -0.3 is 0 Å². The van der Waals surface area contributed by atoms with Gasteiger partial charge in [-0.2, -0.15) is 5.26 Å². The molecule has 0 aliphatic carbocycles. The molecule has 20 heavy (non-hydrogen) atoms. The molecule has 1 N–H and O–H groups in total. The van der Waals surface area contributed by atoms with E-state index in [-0.39, 0.29) is 4.90 Å². The Balaban J connectivity index is 2.41. The van der Waals surface area contributed by atoms with E-state index in [2.05, 4.69) is 10.8 Å². The zero-order valence-electron chi connectivity index (χ0n) is 10.6. The first-order valence-electron chi connectivity index (χ1n) is 5.73. The third-order valence-corrected chi connectivity index (χ3v) is 5.58. The maximum atomic E-state index is 12.2. The zero-order valence-corrected chi connectivity index (χ0v) is 13.6. The molecule has 2 aromatic rings. The van der Waals surface area contributed by atoms with Crippen molar-refractivity contribution in [3.63, 3.8) is 0 Å². The fourth-order valence-electron chi connectivity index (χ4n) is 1.69. The van der Waals surface area contributed by atoms with Gasteiger partial charge in [-0.25, -0.2) is 8.42 Å². The number of hydrogen-bond acceptors (Lipinski definition) is 3. The van der Waals surface area contributed by atoms with Crippen LogP contribution in [0.5, 0.6) is 0 Å². The maximum absolute atomic E-state index is 12.2. The smallest absolute Gasteiger partial charge is 0.261 e. The average molecular weight is 398 g/mol. The number of nitriles is 1. The molecule has 4 nitrogen and oxygen atoms in total. The predicted molar refractivity (Wildman–Crippen MR) is 85.9 cm³/mol. The van der Waals surface area contributed by atoms with Crippen LogP contribution in [0.4, 0.5) is 5.69 Å². The summed E-state index contributed by atoms with van der Waals surface area (Å²) < 4.78 is 27.8. The molecule has 0 aromatic heterocycles. The van der Waals surface area contributed by atoms with Crippen LogP contribution in [0, 0.1) is 21.8 Å². The Kier molecular flexibility index (Phi) is 4.30. The summed E-state index contributed by atoms with van der Waals surface area (Å²) in [5, 5.41) is 8.95. The van der Waals surface area contributed by atoms with Crippen LogP contribution in [0.1, 0.15) is 11.1 Å². The van der Waals surface area contributed by atoms with Crippen LogP contribution in [0.3, 0.4) is 0 Å². The van der Waals surface area contributed by atoms with Gasteiger partial charge in [0.25, 0.3) is 10.0 Å². The van der Waals surface area contributed by atoms with Crippen LogP contribution in [-0.2, 0) is 10.0 Å². The summed E-state index contributed by atoms with van der Waals surface area (Å²) in [7, 11) is -3.61. The lowest BCUT2D eigenvalue weighted by Crippen LogP contribution is -2.14. The second-order valence-corrected chi connectivity index (χ2v) is 6.89. The number of anilines is 1. The van der Waals surface area contributed by atoms with Crippen LogP contribution in [0.2, 0.25) is 0 Å². The molecule has 0 aliphatic heterocycles. The molecular formula is C14H11IN2O2S. The molecule has 0 fully saturated rings. The van der Waals surface area contributed by atoms with Crippen LogP contribution in [0.15, 0.2) is 47.4 Å². The first-order chi connectivity index (χ1) is 9.45. The summed E-state index contributed by atoms with van der Waals surface area (Å²) in [5.41, 5.74) is 1.78. The summed E-state index contributed by atoms with van der Waals surface area (Å²) in [6.45, 7) is 1.79. The van der Waals surface area contributed by atoms with Crippen LogP contribution >= 0.6 is 22.6 Å². The quantitative estimate of drug-likeness (QED) is 0.807. The summed E-state index contributed by atoms with van der Waals surface area (Å²) in [4.78, 5) is 0.206. The summed E-state index contributed by atoms with van der Waals surface area (Å²) in [6, 6.07) is 13.5. The Morgan fingerprint density at radius 3 is 2.40 bits per heavy atom. The molecule has 0 saturated carbocycles. The highest BCUT2D eigenvalue weighted by atomic mass is 127. The third-order valence-electron chi connectivity index (χ3n) is 2.80. The van der Waals surface area contributed by atoms with Gasteiger partial charge >= 0.3 is 0 Å². The first kappa shape index (κ1) is 14.8. The highest BCUT2D eigenvalue weighted by Gasteiger charge is 2.16. The SMILES string of the molecule is Cc1c(C#N)ccc(NS(=O)(=O)c2ccccc2)c1I. The van der Waals surface area contributed by atoms with Gasteiger partial charge in [-0.3, -0.25) is 4.72 Å². The van der Waals surface area contributed by atoms with Gasteiger partial charge in [0, 0.05) is 3.57 Å². The van der Waals surface area contributed by atoms with Crippen molar-refractivity contribution in [1.82, 2.24) is 0 Å². The number of benzene rings is 2. The Morgan fingerprint density at radius 2 is 1.80 bits per heavy atom. The van der Waals surface area contributed by atoms with Gasteiger partial charge in [0.2, 0.25) is 0 Å². The third kappa shape index (κ3) is 2.94. The van der Waals surface area contributed by atoms with E-state index in [9.17, 15) is 8.42 Å². The van der Waals surface area contributed by atoms with Crippen molar-refractivity contribution in [1.29, 1.82) is 5.26 Å². The Hall–Kier alpha value is -1.59. The number of sulfonamides is 1. The first-order valence-corrected chi connectivity index (χ1v) is 8.29. The van der Waals surface area contributed by atoms with Gasteiger partial charge in [0.1, 0.15) is 0 Å². The molecule has 0 unspecified atom stereocenters. The van der Waals surface area contributed by atoms with E-state index in [1.165, 1.54) is 12.1 Å². The van der Waals surface area contributed by atoms with Crippen molar-refractivity contribution in [2.24, 2.45) is 0 Å². The van der Waals surface area contributed by atoms with Crippen LogP contribution < -0.4 is 4.72 Å². The van der Waals surface area contributed by atoms with Gasteiger partial charge in [-0.15, -0.1) is 0 Å². The molecule has 0 bridgehead atoms. The lowest BCUT2D eigenvalue weighted by atomic mass is 10.1. The predicted octanol–water partition coefficient (Wildman–Crippen LogP) is 3.27. The second-order valence-electron chi connectivity index (χ2n) is 4.13. The number of rotatable bonds is 3. The molecule has 0 amide bonds. The molecule has 102 valence electrons. The minimum absolute atomic E-state index is 0.206. The van der Waals surface area contributed by atoms with Crippen molar-refractivity contribution >= 4 is 38.3 Å². The fraction of sp³-hybridized carbons (Fsp3) is 0.0714. The summed E-state index contributed by atoms with van der Waals surface area (Å²) >= 11 is 2.04. The zero-order chi connectivity index (χ0) is 14.8. The van der Waals surface area contributed by atoms with E-state index in [4.69, 9.17) is 5.26 Å². The summed E-state index contributed by atoms with van der Waals surface area (Å²) in [6.07, 6.45) is 0. The average Bonchev–Trinajstić information content (AvgIpc) is 2.45. The lowest BCUT2D eigenvalue weighted by molar-refractivity contribution is 0.601. The summed E-state index contributed by atoms with van der Waals surface area (Å²) in [5.74, 6) is 0. The number of nitrogens with one attached hydrogen (secondary N) is 1. The van der Waals surface area contributed by atoms with Gasteiger partial charge in [-0.1, -0.05) is 18.2 Å². The monoisotopic (exact) mass is 398 g/mol. The highest BCUT2D eigenvalue weighted by Crippen LogP contribution is 2.26.